The zero-order chi connectivity index (χ0) is 19.8. The fraction of sp³-hybridized carbons (Fsp3) is 0.316. The van der Waals surface area contributed by atoms with Crippen molar-refractivity contribution < 1.29 is 13.2 Å². The summed E-state index contributed by atoms with van der Waals surface area (Å²) in [6, 6.07) is 10.0. The molecule has 0 saturated heterocycles. The van der Waals surface area contributed by atoms with Gasteiger partial charge in [-0.1, -0.05) is 30.4 Å². The summed E-state index contributed by atoms with van der Waals surface area (Å²) in [5.41, 5.74) is 2.55. The Bertz CT molecular complexity index is 1150. The van der Waals surface area contributed by atoms with E-state index in [1.165, 1.54) is 10.6 Å². The number of aromatic nitrogens is 1. The Morgan fingerprint density at radius 1 is 1.22 bits per heavy atom. The van der Waals surface area contributed by atoms with Crippen molar-refractivity contribution in [2.24, 2.45) is 7.05 Å². The van der Waals surface area contributed by atoms with E-state index in [0.29, 0.717) is 11.1 Å². The summed E-state index contributed by atoms with van der Waals surface area (Å²) in [7, 11) is -0.449. The molecule has 1 N–H and O–H groups in total. The summed E-state index contributed by atoms with van der Waals surface area (Å²) in [5, 5.41) is 0. The predicted molar refractivity (Wildman–Crippen MR) is 108 cm³/mol. The highest BCUT2D eigenvalue weighted by Crippen LogP contribution is 2.27. The lowest BCUT2D eigenvalue weighted by atomic mass is 10.0. The van der Waals surface area contributed by atoms with Crippen molar-refractivity contribution >= 4 is 31.6 Å². The highest BCUT2D eigenvalue weighted by atomic mass is 32.2. The van der Waals surface area contributed by atoms with Crippen molar-refractivity contribution in [1.29, 1.82) is 0 Å². The number of aryl methyl sites for hydroxylation is 2. The minimum Gasteiger partial charge on any atom is -0.496 e. The second-order valence-electron chi connectivity index (χ2n) is 6.37. The van der Waals surface area contributed by atoms with Crippen LogP contribution in [0.15, 0.2) is 46.1 Å². The van der Waals surface area contributed by atoms with Crippen molar-refractivity contribution in [3.8, 4) is 5.75 Å². The largest absolute Gasteiger partial charge is 0.496 e. The maximum atomic E-state index is 12.9. The molecule has 3 rings (SSSR count). The van der Waals surface area contributed by atoms with Crippen LogP contribution in [-0.2, 0) is 17.1 Å². The molecule has 0 saturated carbocycles. The lowest BCUT2D eigenvalue weighted by Gasteiger charge is -2.19. The van der Waals surface area contributed by atoms with Gasteiger partial charge in [0.05, 0.1) is 22.2 Å². The van der Waals surface area contributed by atoms with Gasteiger partial charge in [-0.3, -0.25) is 4.79 Å². The van der Waals surface area contributed by atoms with E-state index in [-0.39, 0.29) is 15.8 Å². The monoisotopic (exact) mass is 406 g/mol. The SMILES string of the molecule is CC[C@H](NS(=O)(=O)c1ccc2c(c1)sc(=O)n2C)c1ccc(OC)c(C)c1. The number of methoxy groups -OCH3 is 1. The summed E-state index contributed by atoms with van der Waals surface area (Å²) in [6.07, 6.45) is 0.603. The van der Waals surface area contributed by atoms with E-state index < -0.39 is 10.0 Å². The van der Waals surface area contributed by atoms with Gasteiger partial charge in [0.25, 0.3) is 0 Å². The van der Waals surface area contributed by atoms with Gasteiger partial charge in [-0.05, 0) is 48.7 Å². The predicted octanol–water partition coefficient (Wildman–Crippen LogP) is 3.35. The van der Waals surface area contributed by atoms with Crippen molar-refractivity contribution in [1.82, 2.24) is 9.29 Å². The summed E-state index contributed by atoms with van der Waals surface area (Å²) < 4.78 is 36.0. The van der Waals surface area contributed by atoms with E-state index in [9.17, 15) is 13.2 Å². The summed E-state index contributed by atoms with van der Waals surface area (Å²) in [5.74, 6) is 0.765. The van der Waals surface area contributed by atoms with E-state index in [1.54, 1.807) is 26.3 Å². The normalized spacial score (nSPS) is 13.0. The van der Waals surface area contributed by atoms with Crippen molar-refractivity contribution in [2.75, 3.05) is 7.11 Å². The first kappa shape index (κ1) is 19.6. The van der Waals surface area contributed by atoms with Gasteiger partial charge in [-0.15, -0.1) is 0 Å². The number of ether oxygens (including phenoxy) is 1. The lowest BCUT2D eigenvalue weighted by molar-refractivity contribution is 0.411. The first-order valence-electron chi connectivity index (χ1n) is 8.53. The van der Waals surface area contributed by atoms with Gasteiger partial charge in [0, 0.05) is 13.1 Å². The van der Waals surface area contributed by atoms with Crippen molar-refractivity contribution in [3.63, 3.8) is 0 Å². The third kappa shape index (κ3) is 3.78. The molecule has 0 amide bonds. The standard InChI is InChI=1S/C19H22N2O4S2/c1-5-15(13-6-9-17(25-4)12(2)10-13)20-27(23,24)14-7-8-16-18(11-14)26-19(22)21(16)3/h6-11,15,20H,5H2,1-4H3/t15-/m0/s1. The molecule has 0 fully saturated rings. The molecule has 0 aliphatic heterocycles. The number of hydrogen-bond donors (Lipinski definition) is 1. The summed E-state index contributed by atoms with van der Waals surface area (Å²) >= 11 is 1.04. The van der Waals surface area contributed by atoms with Gasteiger partial charge in [-0.25, -0.2) is 13.1 Å². The maximum absolute atomic E-state index is 12.9. The van der Waals surface area contributed by atoms with Gasteiger partial charge in [0.15, 0.2) is 0 Å². The number of sulfonamides is 1. The molecule has 0 bridgehead atoms. The molecule has 8 heteroatoms. The van der Waals surface area contributed by atoms with Crippen LogP contribution in [0.2, 0.25) is 0 Å². The van der Waals surface area contributed by atoms with Crippen LogP contribution < -0.4 is 14.3 Å². The first-order chi connectivity index (χ1) is 12.8. The molecule has 0 aliphatic carbocycles. The molecule has 0 radical (unpaired) electrons. The molecule has 0 spiro atoms. The molecule has 1 atom stereocenters. The average Bonchev–Trinajstić information content (AvgIpc) is 2.93. The molecule has 6 nitrogen and oxygen atoms in total. The van der Waals surface area contributed by atoms with Gasteiger partial charge < -0.3 is 9.30 Å². The first-order valence-corrected chi connectivity index (χ1v) is 10.8. The van der Waals surface area contributed by atoms with Gasteiger partial charge in [0.1, 0.15) is 5.75 Å². The molecule has 1 heterocycles. The highest BCUT2D eigenvalue weighted by molar-refractivity contribution is 7.89. The Labute approximate surface area is 162 Å². The number of thiazole rings is 1. The molecule has 0 unspecified atom stereocenters. The van der Waals surface area contributed by atoms with Crippen molar-refractivity contribution in [3.05, 3.63) is 57.2 Å². The number of rotatable bonds is 6. The minimum atomic E-state index is -3.73. The molecule has 1 aromatic heterocycles. The van der Waals surface area contributed by atoms with Crippen LogP contribution in [0.5, 0.6) is 5.75 Å². The quantitative estimate of drug-likeness (QED) is 0.681. The summed E-state index contributed by atoms with van der Waals surface area (Å²) in [6.45, 7) is 3.85. The third-order valence-corrected chi connectivity index (χ3v) is 7.07. The number of nitrogens with zero attached hydrogens (tertiary/aromatic N) is 1. The Balaban J connectivity index is 1.94. The van der Waals surface area contributed by atoms with Crippen LogP contribution in [0, 0.1) is 6.92 Å². The van der Waals surface area contributed by atoms with E-state index in [1.807, 2.05) is 32.0 Å². The number of benzene rings is 2. The molecule has 0 aliphatic rings. The number of nitrogens with one attached hydrogen (secondary N) is 1. The van der Waals surface area contributed by atoms with E-state index >= 15 is 0 Å². The lowest BCUT2D eigenvalue weighted by Crippen LogP contribution is -2.28. The second kappa shape index (κ2) is 7.46. The van der Waals surface area contributed by atoms with E-state index in [2.05, 4.69) is 4.72 Å². The molecule has 144 valence electrons. The fourth-order valence-corrected chi connectivity index (χ4v) is 5.37. The average molecular weight is 407 g/mol. The second-order valence-corrected chi connectivity index (χ2v) is 9.07. The van der Waals surface area contributed by atoms with Crippen LogP contribution in [0.25, 0.3) is 10.2 Å². The van der Waals surface area contributed by atoms with Crippen molar-refractivity contribution in [2.45, 2.75) is 31.2 Å². The Morgan fingerprint density at radius 2 is 1.96 bits per heavy atom. The van der Waals surface area contributed by atoms with Crippen LogP contribution in [-0.4, -0.2) is 20.1 Å². The fourth-order valence-electron chi connectivity index (χ4n) is 3.04. The zero-order valence-electron chi connectivity index (χ0n) is 15.6. The zero-order valence-corrected chi connectivity index (χ0v) is 17.3. The minimum absolute atomic E-state index is 0.118. The smallest absolute Gasteiger partial charge is 0.307 e. The Kier molecular flexibility index (Phi) is 5.41. The molecule has 3 aromatic rings. The molecular formula is C19H22N2O4S2. The van der Waals surface area contributed by atoms with Crippen LogP contribution in [0.4, 0.5) is 0 Å². The highest BCUT2D eigenvalue weighted by Gasteiger charge is 2.22. The van der Waals surface area contributed by atoms with Crippen LogP contribution in [0.3, 0.4) is 0 Å². The van der Waals surface area contributed by atoms with Gasteiger partial charge in [0.2, 0.25) is 10.0 Å². The van der Waals surface area contributed by atoms with E-state index in [4.69, 9.17) is 4.74 Å². The van der Waals surface area contributed by atoms with Gasteiger partial charge in [-0.2, -0.15) is 0 Å². The molecule has 2 aromatic carbocycles. The molecular weight excluding hydrogens is 384 g/mol. The topological polar surface area (TPSA) is 77.4 Å². The maximum Gasteiger partial charge on any atom is 0.307 e. The Morgan fingerprint density at radius 3 is 2.59 bits per heavy atom. The van der Waals surface area contributed by atoms with Crippen LogP contribution >= 0.6 is 11.3 Å². The third-order valence-electron chi connectivity index (χ3n) is 4.60. The molecule has 27 heavy (non-hydrogen) atoms. The van der Waals surface area contributed by atoms with E-state index in [0.717, 1.165) is 33.7 Å². The summed E-state index contributed by atoms with van der Waals surface area (Å²) in [4.78, 5) is 11.8. The Hall–Kier alpha value is -2.16. The van der Waals surface area contributed by atoms with Gasteiger partial charge >= 0.3 is 4.87 Å². The van der Waals surface area contributed by atoms with Crippen LogP contribution in [0.1, 0.15) is 30.5 Å². The number of hydrogen-bond acceptors (Lipinski definition) is 5. The number of fused-ring (bicyclic) bond motifs is 1.